The number of likely N-dealkylation sites (tertiary alicyclic amines) is 1. The highest BCUT2D eigenvalue weighted by molar-refractivity contribution is 5.76. The summed E-state index contributed by atoms with van der Waals surface area (Å²) in [6, 6.07) is 8.44. The summed E-state index contributed by atoms with van der Waals surface area (Å²) in [5.41, 5.74) is 2.47. The maximum absolute atomic E-state index is 12.5. The fraction of sp³-hybridized carbons (Fsp3) is 0.579. The second-order valence-electron chi connectivity index (χ2n) is 6.70. The van der Waals surface area contributed by atoms with Gasteiger partial charge in [0.15, 0.2) is 0 Å². The van der Waals surface area contributed by atoms with Crippen molar-refractivity contribution in [3.8, 4) is 0 Å². The summed E-state index contributed by atoms with van der Waals surface area (Å²) in [4.78, 5) is 27.2. The number of carbonyl (C=O) groups is 2. The van der Waals surface area contributed by atoms with Gasteiger partial charge in [-0.3, -0.25) is 14.5 Å². The van der Waals surface area contributed by atoms with Gasteiger partial charge in [-0.15, -0.1) is 0 Å². The Morgan fingerprint density at radius 1 is 1.25 bits per heavy atom. The molecule has 5 heteroatoms. The molecule has 24 heavy (non-hydrogen) atoms. The number of hydrogen-bond acceptors (Lipinski definition) is 3. The largest absolute Gasteiger partial charge is 0.480 e. The Morgan fingerprint density at radius 2 is 2.00 bits per heavy atom. The van der Waals surface area contributed by atoms with Crippen LogP contribution in [0.25, 0.3) is 0 Å². The van der Waals surface area contributed by atoms with Crippen LogP contribution in [0, 0.1) is 6.92 Å². The number of amides is 1. The molecule has 132 valence electrons. The Kier molecular flexibility index (Phi) is 6.79. The first-order valence-corrected chi connectivity index (χ1v) is 8.71. The predicted octanol–water partition coefficient (Wildman–Crippen LogP) is 2.33. The van der Waals surface area contributed by atoms with E-state index >= 15 is 0 Å². The molecule has 0 radical (unpaired) electrons. The first-order chi connectivity index (χ1) is 11.5. The van der Waals surface area contributed by atoms with Crippen molar-refractivity contribution >= 4 is 11.9 Å². The van der Waals surface area contributed by atoms with Crippen molar-refractivity contribution in [2.45, 2.75) is 45.1 Å². The van der Waals surface area contributed by atoms with E-state index in [1.54, 1.807) is 0 Å². The summed E-state index contributed by atoms with van der Waals surface area (Å²) in [6.07, 6.45) is 4.06. The first kappa shape index (κ1) is 18.5. The van der Waals surface area contributed by atoms with Crippen LogP contribution < -0.4 is 0 Å². The third-order valence-corrected chi connectivity index (χ3v) is 4.93. The summed E-state index contributed by atoms with van der Waals surface area (Å²) in [5.74, 6) is -0.590. The maximum atomic E-state index is 12.5. The quantitative estimate of drug-likeness (QED) is 0.868. The Balaban J connectivity index is 1.83. The average molecular weight is 332 g/mol. The lowest BCUT2D eigenvalue weighted by Gasteiger charge is -2.25. The number of likely N-dealkylation sites (N-methyl/N-ethyl adjacent to an activating group) is 1. The van der Waals surface area contributed by atoms with Crippen LogP contribution in [0.5, 0.6) is 0 Å². The number of aliphatic carboxylic acids is 1. The van der Waals surface area contributed by atoms with E-state index in [0.29, 0.717) is 6.42 Å². The molecule has 1 atom stereocenters. The van der Waals surface area contributed by atoms with Gasteiger partial charge in [0.05, 0.1) is 6.54 Å². The van der Waals surface area contributed by atoms with Crippen LogP contribution >= 0.6 is 0 Å². The SMILES string of the molecule is Cc1ccccc1CCC(=O)N1CCCC(N(C)CC(=O)O)CC1. The molecule has 1 aliphatic heterocycles. The minimum Gasteiger partial charge on any atom is -0.480 e. The smallest absolute Gasteiger partial charge is 0.317 e. The van der Waals surface area contributed by atoms with E-state index in [9.17, 15) is 9.59 Å². The topological polar surface area (TPSA) is 60.9 Å². The van der Waals surface area contributed by atoms with E-state index in [4.69, 9.17) is 5.11 Å². The van der Waals surface area contributed by atoms with Crippen LogP contribution in [0.3, 0.4) is 0 Å². The fourth-order valence-electron chi connectivity index (χ4n) is 3.40. The van der Waals surface area contributed by atoms with Crippen molar-refractivity contribution in [2.75, 3.05) is 26.7 Å². The van der Waals surface area contributed by atoms with Gasteiger partial charge < -0.3 is 10.0 Å². The van der Waals surface area contributed by atoms with Crippen LogP contribution in [0.4, 0.5) is 0 Å². The van der Waals surface area contributed by atoms with Crippen LogP contribution in [0.1, 0.15) is 36.8 Å². The Labute approximate surface area is 144 Å². The third-order valence-electron chi connectivity index (χ3n) is 4.93. The molecular formula is C19H28N2O3. The van der Waals surface area contributed by atoms with Crippen molar-refractivity contribution in [1.82, 2.24) is 9.80 Å². The predicted molar refractivity (Wildman–Crippen MR) is 94.0 cm³/mol. The zero-order valence-electron chi connectivity index (χ0n) is 14.7. The number of hydrogen-bond donors (Lipinski definition) is 1. The van der Waals surface area contributed by atoms with Gasteiger partial charge in [0, 0.05) is 25.6 Å². The van der Waals surface area contributed by atoms with Gasteiger partial charge in [-0.2, -0.15) is 0 Å². The molecule has 0 bridgehead atoms. The molecule has 1 amide bonds. The maximum Gasteiger partial charge on any atom is 0.317 e. The molecule has 0 saturated carbocycles. The molecule has 1 heterocycles. The number of rotatable bonds is 6. The van der Waals surface area contributed by atoms with Crippen molar-refractivity contribution in [2.24, 2.45) is 0 Å². The van der Waals surface area contributed by atoms with E-state index in [-0.39, 0.29) is 18.5 Å². The van der Waals surface area contributed by atoms with Gasteiger partial charge in [0.25, 0.3) is 0 Å². The highest BCUT2D eigenvalue weighted by atomic mass is 16.4. The summed E-state index contributed by atoms with van der Waals surface area (Å²) in [7, 11) is 1.86. The number of aryl methyl sites for hydroxylation is 2. The second kappa shape index (κ2) is 8.83. The van der Waals surface area contributed by atoms with Gasteiger partial charge >= 0.3 is 5.97 Å². The third kappa shape index (κ3) is 5.34. The summed E-state index contributed by atoms with van der Waals surface area (Å²) in [5, 5.41) is 8.92. The highest BCUT2D eigenvalue weighted by Crippen LogP contribution is 2.17. The first-order valence-electron chi connectivity index (χ1n) is 8.71. The van der Waals surface area contributed by atoms with E-state index in [2.05, 4.69) is 19.1 Å². The van der Waals surface area contributed by atoms with Gasteiger partial charge in [-0.05, 0) is 50.8 Å². The van der Waals surface area contributed by atoms with Crippen LogP contribution in [0.15, 0.2) is 24.3 Å². The minimum atomic E-state index is -0.798. The lowest BCUT2D eigenvalue weighted by atomic mass is 10.0. The van der Waals surface area contributed by atoms with E-state index in [1.165, 1.54) is 11.1 Å². The lowest BCUT2D eigenvalue weighted by molar-refractivity contribution is -0.138. The number of benzene rings is 1. The van der Waals surface area contributed by atoms with Gasteiger partial charge in [0.1, 0.15) is 0 Å². The Hall–Kier alpha value is -1.88. The zero-order valence-corrected chi connectivity index (χ0v) is 14.7. The molecule has 1 aromatic rings. The van der Waals surface area contributed by atoms with E-state index < -0.39 is 5.97 Å². The molecule has 1 saturated heterocycles. The van der Waals surface area contributed by atoms with Gasteiger partial charge in [-0.1, -0.05) is 24.3 Å². The number of carboxylic acid groups (broad SMARTS) is 1. The molecule has 1 aliphatic rings. The number of carboxylic acids is 1. The van der Waals surface area contributed by atoms with Crippen LogP contribution in [-0.4, -0.2) is 59.5 Å². The van der Waals surface area contributed by atoms with Crippen LogP contribution in [0.2, 0.25) is 0 Å². The molecular weight excluding hydrogens is 304 g/mol. The molecule has 0 aromatic heterocycles. The summed E-state index contributed by atoms with van der Waals surface area (Å²) < 4.78 is 0. The normalized spacial score (nSPS) is 18.5. The minimum absolute atomic E-state index is 0.0614. The highest BCUT2D eigenvalue weighted by Gasteiger charge is 2.23. The standard InChI is InChI=1S/C19H28N2O3/c1-15-6-3-4-7-16(15)9-10-18(22)21-12-5-8-17(11-13-21)20(2)14-19(23)24/h3-4,6-7,17H,5,8-14H2,1-2H3,(H,23,24). The molecule has 0 aliphatic carbocycles. The average Bonchev–Trinajstić information content (AvgIpc) is 2.79. The Bertz CT molecular complexity index is 573. The van der Waals surface area contributed by atoms with Crippen molar-refractivity contribution < 1.29 is 14.7 Å². The zero-order chi connectivity index (χ0) is 17.5. The lowest BCUT2D eigenvalue weighted by Crippen LogP contribution is -2.37. The van der Waals surface area contributed by atoms with Crippen molar-refractivity contribution in [3.63, 3.8) is 0 Å². The second-order valence-corrected chi connectivity index (χ2v) is 6.70. The van der Waals surface area contributed by atoms with Gasteiger partial charge in [0.2, 0.25) is 5.91 Å². The van der Waals surface area contributed by atoms with Gasteiger partial charge in [-0.25, -0.2) is 0 Å². The van der Waals surface area contributed by atoms with Crippen molar-refractivity contribution in [1.29, 1.82) is 0 Å². The van der Waals surface area contributed by atoms with E-state index in [1.807, 2.05) is 29.0 Å². The number of nitrogens with zero attached hydrogens (tertiary/aromatic N) is 2. The molecule has 1 unspecified atom stereocenters. The molecule has 5 nitrogen and oxygen atoms in total. The number of carbonyl (C=O) groups excluding carboxylic acids is 1. The molecule has 2 rings (SSSR count). The Morgan fingerprint density at radius 3 is 2.71 bits per heavy atom. The molecule has 1 N–H and O–H groups in total. The molecule has 1 fully saturated rings. The summed E-state index contributed by atoms with van der Waals surface area (Å²) >= 11 is 0. The van der Waals surface area contributed by atoms with Crippen LogP contribution in [-0.2, 0) is 16.0 Å². The fourth-order valence-corrected chi connectivity index (χ4v) is 3.40. The molecule has 0 spiro atoms. The molecule has 1 aromatic carbocycles. The summed E-state index contributed by atoms with van der Waals surface area (Å²) in [6.45, 7) is 3.64. The van der Waals surface area contributed by atoms with Crippen molar-refractivity contribution in [3.05, 3.63) is 35.4 Å². The monoisotopic (exact) mass is 332 g/mol. The van der Waals surface area contributed by atoms with E-state index in [0.717, 1.165) is 38.8 Å².